The summed E-state index contributed by atoms with van der Waals surface area (Å²) in [4.78, 5) is 32.5. The fourth-order valence-corrected chi connectivity index (χ4v) is 3.18. The number of hydrogen-bond acceptors (Lipinski definition) is 4. The van der Waals surface area contributed by atoms with Crippen molar-refractivity contribution in [3.8, 4) is 0 Å². The van der Waals surface area contributed by atoms with E-state index in [0.717, 1.165) is 11.3 Å². The zero-order valence-corrected chi connectivity index (χ0v) is 16.8. The van der Waals surface area contributed by atoms with Gasteiger partial charge in [0.25, 0.3) is 0 Å². The van der Waals surface area contributed by atoms with Crippen LogP contribution in [0.15, 0.2) is 47.7 Å². The number of piperazine rings is 1. The maximum Gasteiger partial charge on any atom is 0.246 e. The number of aryl methyl sites for hydroxylation is 1. The fraction of sp³-hybridized carbons (Fsp3) is 0.400. The van der Waals surface area contributed by atoms with Crippen LogP contribution in [0.1, 0.15) is 12.0 Å². The van der Waals surface area contributed by atoms with Gasteiger partial charge in [0.1, 0.15) is 6.54 Å². The van der Waals surface area contributed by atoms with Gasteiger partial charge in [0.2, 0.25) is 11.8 Å². The molecule has 9 heteroatoms. The highest BCUT2D eigenvalue weighted by atomic mass is 16.2. The summed E-state index contributed by atoms with van der Waals surface area (Å²) in [6.45, 7) is 2.40. The zero-order valence-electron chi connectivity index (χ0n) is 16.8. The summed E-state index contributed by atoms with van der Waals surface area (Å²) in [6, 6.07) is 9.79. The van der Waals surface area contributed by atoms with Crippen molar-refractivity contribution in [2.45, 2.75) is 13.0 Å². The molecule has 0 atom stereocenters. The van der Waals surface area contributed by atoms with E-state index < -0.39 is 0 Å². The monoisotopic (exact) mass is 397 g/mol. The SMILES string of the molecule is CN=C(NCCC(=O)NCc1ccccc1)N1CCN(c2cnn(C)c2)C(=O)C1. The number of nitrogens with zero attached hydrogens (tertiary/aromatic N) is 5. The molecule has 0 spiro atoms. The van der Waals surface area contributed by atoms with Crippen LogP contribution in [0.25, 0.3) is 0 Å². The first-order chi connectivity index (χ1) is 14.1. The second kappa shape index (κ2) is 9.72. The predicted molar refractivity (Wildman–Crippen MR) is 111 cm³/mol. The van der Waals surface area contributed by atoms with E-state index in [9.17, 15) is 9.59 Å². The summed E-state index contributed by atoms with van der Waals surface area (Å²) in [5.74, 6) is 0.585. The molecule has 154 valence electrons. The van der Waals surface area contributed by atoms with Crippen molar-refractivity contribution in [1.29, 1.82) is 0 Å². The molecule has 0 radical (unpaired) electrons. The molecule has 0 unspecified atom stereocenters. The van der Waals surface area contributed by atoms with Crippen molar-refractivity contribution >= 4 is 23.5 Å². The van der Waals surface area contributed by atoms with Crippen LogP contribution < -0.4 is 15.5 Å². The Labute approximate surface area is 170 Å². The first-order valence-corrected chi connectivity index (χ1v) is 9.62. The van der Waals surface area contributed by atoms with Crippen molar-refractivity contribution in [1.82, 2.24) is 25.3 Å². The molecular weight excluding hydrogens is 370 g/mol. The number of hydrogen-bond donors (Lipinski definition) is 2. The van der Waals surface area contributed by atoms with Gasteiger partial charge >= 0.3 is 0 Å². The van der Waals surface area contributed by atoms with Crippen LogP contribution >= 0.6 is 0 Å². The van der Waals surface area contributed by atoms with Crippen molar-refractivity contribution in [3.05, 3.63) is 48.3 Å². The molecule has 29 heavy (non-hydrogen) atoms. The first kappa shape index (κ1) is 20.4. The smallest absolute Gasteiger partial charge is 0.246 e. The van der Waals surface area contributed by atoms with Crippen LogP contribution in [-0.4, -0.2) is 65.7 Å². The number of amides is 2. The minimum Gasteiger partial charge on any atom is -0.356 e. The van der Waals surface area contributed by atoms with Crippen molar-refractivity contribution < 1.29 is 9.59 Å². The van der Waals surface area contributed by atoms with Crippen molar-refractivity contribution in [3.63, 3.8) is 0 Å². The average Bonchev–Trinajstić information content (AvgIpc) is 3.16. The van der Waals surface area contributed by atoms with Gasteiger partial charge in [-0.15, -0.1) is 0 Å². The van der Waals surface area contributed by atoms with Crippen molar-refractivity contribution in [2.24, 2.45) is 12.0 Å². The Morgan fingerprint density at radius 3 is 2.66 bits per heavy atom. The molecule has 3 rings (SSSR count). The highest BCUT2D eigenvalue weighted by Gasteiger charge is 2.27. The fourth-order valence-electron chi connectivity index (χ4n) is 3.18. The summed E-state index contributed by atoms with van der Waals surface area (Å²) in [5, 5.41) is 10.2. The van der Waals surface area contributed by atoms with E-state index in [1.54, 1.807) is 22.8 Å². The maximum absolute atomic E-state index is 12.5. The van der Waals surface area contributed by atoms with Crippen LogP contribution in [-0.2, 0) is 23.2 Å². The summed E-state index contributed by atoms with van der Waals surface area (Å²) < 4.78 is 1.68. The van der Waals surface area contributed by atoms with Gasteiger partial charge in [-0.25, -0.2) is 0 Å². The second-order valence-electron chi connectivity index (χ2n) is 6.83. The Morgan fingerprint density at radius 2 is 2.00 bits per heavy atom. The van der Waals surface area contributed by atoms with E-state index in [0.29, 0.717) is 38.6 Å². The normalized spacial score (nSPS) is 14.8. The molecular formula is C20H27N7O2. The molecule has 1 aromatic heterocycles. The molecule has 2 aromatic rings. The lowest BCUT2D eigenvalue weighted by molar-refractivity contribution is -0.121. The topological polar surface area (TPSA) is 94.9 Å². The van der Waals surface area contributed by atoms with E-state index in [1.807, 2.05) is 48.5 Å². The van der Waals surface area contributed by atoms with Crippen molar-refractivity contribution in [2.75, 3.05) is 38.1 Å². The predicted octanol–water partition coefficient (Wildman–Crippen LogP) is 0.351. The van der Waals surface area contributed by atoms with Gasteiger partial charge in [0.15, 0.2) is 5.96 Å². The first-order valence-electron chi connectivity index (χ1n) is 9.62. The molecule has 0 bridgehead atoms. The third kappa shape index (κ3) is 5.56. The van der Waals surface area contributed by atoms with E-state index in [-0.39, 0.29) is 18.4 Å². The van der Waals surface area contributed by atoms with Gasteiger partial charge in [0, 0.05) is 52.9 Å². The molecule has 0 saturated carbocycles. The zero-order chi connectivity index (χ0) is 20.6. The number of anilines is 1. The average molecular weight is 397 g/mol. The van der Waals surface area contributed by atoms with Gasteiger partial charge in [0.05, 0.1) is 11.9 Å². The largest absolute Gasteiger partial charge is 0.356 e. The molecule has 1 aliphatic heterocycles. The Morgan fingerprint density at radius 1 is 1.21 bits per heavy atom. The van der Waals surface area contributed by atoms with Crippen LogP contribution in [0.5, 0.6) is 0 Å². The maximum atomic E-state index is 12.5. The molecule has 9 nitrogen and oxygen atoms in total. The van der Waals surface area contributed by atoms with Crippen LogP contribution in [0.3, 0.4) is 0 Å². The van der Waals surface area contributed by atoms with Crippen LogP contribution in [0.2, 0.25) is 0 Å². The van der Waals surface area contributed by atoms with E-state index in [4.69, 9.17) is 0 Å². The summed E-state index contributed by atoms with van der Waals surface area (Å²) in [5.41, 5.74) is 1.87. The van der Waals surface area contributed by atoms with Crippen LogP contribution in [0.4, 0.5) is 5.69 Å². The Balaban J connectivity index is 1.42. The highest BCUT2D eigenvalue weighted by Crippen LogP contribution is 2.16. The third-order valence-electron chi connectivity index (χ3n) is 4.70. The van der Waals surface area contributed by atoms with Gasteiger partial charge in [-0.3, -0.25) is 19.3 Å². The number of guanidine groups is 1. The van der Waals surface area contributed by atoms with Crippen LogP contribution in [0, 0.1) is 0 Å². The quantitative estimate of drug-likeness (QED) is 0.542. The number of nitrogens with one attached hydrogen (secondary N) is 2. The van der Waals surface area contributed by atoms with Gasteiger partial charge in [-0.1, -0.05) is 30.3 Å². The number of carbonyl (C=O) groups is 2. The van der Waals surface area contributed by atoms with E-state index >= 15 is 0 Å². The number of aliphatic imine (C=N–C) groups is 1. The Hall–Kier alpha value is -3.36. The minimum absolute atomic E-state index is 0.00666. The highest BCUT2D eigenvalue weighted by molar-refractivity contribution is 5.98. The lowest BCUT2D eigenvalue weighted by Crippen LogP contribution is -2.55. The molecule has 0 aliphatic carbocycles. The molecule has 2 heterocycles. The number of rotatable bonds is 6. The molecule has 2 N–H and O–H groups in total. The Bertz CT molecular complexity index is 863. The number of carbonyl (C=O) groups excluding carboxylic acids is 2. The van der Waals surface area contributed by atoms with Gasteiger partial charge in [-0.2, -0.15) is 5.10 Å². The summed E-state index contributed by atoms with van der Waals surface area (Å²) >= 11 is 0. The van der Waals surface area contributed by atoms with E-state index in [1.165, 1.54) is 0 Å². The van der Waals surface area contributed by atoms with Gasteiger partial charge in [-0.05, 0) is 5.56 Å². The molecule has 1 saturated heterocycles. The lowest BCUT2D eigenvalue weighted by Gasteiger charge is -2.35. The van der Waals surface area contributed by atoms with Gasteiger partial charge < -0.3 is 20.4 Å². The standard InChI is InChI=1S/C20H27N7O2/c1-21-20(22-9-8-18(28)23-12-16-6-4-3-5-7-16)26-10-11-27(19(29)15-26)17-13-24-25(2)14-17/h3-7,13-14H,8-12,15H2,1-2H3,(H,21,22)(H,23,28). The minimum atomic E-state index is -0.0331. The molecule has 1 aliphatic rings. The summed E-state index contributed by atoms with van der Waals surface area (Å²) in [6.07, 6.45) is 3.85. The molecule has 2 amide bonds. The summed E-state index contributed by atoms with van der Waals surface area (Å²) in [7, 11) is 3.50. The Kier molecular flexibility index (Phi) is 6.83. The third-order valence-corrected chi connectivity index (χ3v) is 4.70. The number of aromatic nitrogens is 2. The molecule has 1 aromatic carbocycles. The molecule has 1 fully saturated rings. The second-order valence-corrected chi connectivity index (χ2v) is 6.83. The lowest BCUT2D eigenvalue weighted by atomic mass is 10.2. The van der Waals surface area contributed by atoms with E-state index in [2.05, 4.69) is 20.7 Å². The number of benzene rings is 1.